The summed E-state index contributed by atoms with van der Waals surface area (Å²) in [5.74, 6) is -0.246. The van der Waals surface area contributed by atoms with Crippen LogP contribution < -0.4 is 5.48 Å². The van der Waals surface area contributed by atoms with Crippen LogP contribution in [0, 0.1) is 5.82 Å². The van der Waals surface area contributed by atoms with Crippen molar-refractivity contribution in [1.82, 2.24) is 10.4 Å². The van der Waals surface area contributed by atoms with Crippen LogP contribution in [0.1, 0.15) is 17.0 Å². The van der Waals surface area contributed by atoms with Crippen LogP contribution in [-0.4, -0.2) is 29.2 Å². The number of hydrogen-bond acceptors (Lipinski definition) is 3. The summed E-state index contributed by atoms with van der Waals surface area (Å²) in [5.41, 5.74) is 4.24. The molecule has 0 aromatic heterocycles. The Bertz CT molecular complexity index is 590. The predicted octanol–water partition coefficient (Wildman–Crippen LogP) is 2.77. The van der Waals surface area contributed by atoms with E-state index in [0.717, 1.165) is 13.1 Å². The Labute approximate surface area is 124 Å². The predicted molar refractivity (Wildman–Crippen MR) is 79.6 cm³/mol. The Morgan fingerprint density at radius 3 is 2.48 bits per heavy atom. The van der Waals surface area contributed by atoms with E-state index >= 15 is 0 Å². The molecule has 1 aliphatic heterocycles. The Morgan fingerprint density at radius 2 is 1.76 bits per heavy atom. The van der Waals surface area contributed by atoms with E-state index < -0.39 is 0 Å². The van der Waals surface area contributed by atoms with Gasteiger partial charge in [0.1, 0.15) is 5.82 Å². The molecule has 0 radical (unpaired) electrons. The molecule has 1 aliphatic rings. The van der Waals surface area contributed by atoms with Crippen molar-refractivity contribution in [2.75, 3.05) is 13.1 Å². The van der Waals surface area contributed by atoms with Crippen LogP contribution >= 0.6 is 0 Å². The Kier molecular flexibility index (Phi) is 4.29. The molecule has 2 aromatic rings. The second-order valence-corrected chi connectivity index (χ2v) is 5.54. The molecular weight excluding hydrogens is 267 g/mol. The van der Waals surface area contributed by atoms with Gasteiger partial charge in [-0.25, -0.2) is 9.87 Å². The second-order valence-electron chi connectivity index (χ2n) is 5.54. The van der Waals surface area contributed by atoms with Crippen LogP contribution in [0.25, 0.3) is 0 Å². The molecule has 0 saturated carbocycles. The van der Waals surface area contributed by atoms with Crippen molar-refractivity contribution >= 4 is 0 Å². The fraction of sp³-hybridized carbons (Fsp3) is 0.294. The quantitative estimate of drug-likeness (QED) is 0.848. The van der Waals surface area contributed by atoms with E-state index in [9.17, 15) is 9.60 Å². The molecule has 110 valence electrons. The Hall–Kier alpha value is -1.75. The van der Waals surface area contributed by atoms with E-state index in [4.69, 9.17) is 0 Å². The van der Waals surface area contributed by atoms with Crippen molar-refractivity contribution in [3.8, 4) is 0 Å². The van der Waals surface area contributed by atoms with Gasteiger partial charge in [0.05, 0.1) is 6.04 Å². The van der Waals surface area contributed by atoms with E-state index in [2.05, 4.69) is 22.5 Å². The van der Waals surface area contributed by atoms with Gasteiger partial charge in [-0.3, -0.25) is 4.90 Å². The molecule has 0 spiro atoms. The van der Waals surface area contributed by atoms with Gasteiger partial charge in [0.2, 0.25) is 0 Å². The van der Waals surface area contributed by atoms with Gasteiger partial charge in [0.25, 0.3) is 0 Å². The van der Waals surface area contributed by atoms with Crippen LogP contribution in [-0.2, 0) is 6.54 Å². The van der Waals surface area contributed by atoms with Gasteiger partial charge < -0.3 is 5.21 Å². The first-order valence-electron chi connectivity index (χ1n) is 7.18. The molecular formula is C17H19FN2O. The van der Waals surface area contributed by atoms with Crippen molar-refractivity contribution in [2.24, 2.45) is 0 Å². The van der Waals surface area contributed by atoms with Gasteiger partial charge in [-0.05, 0) is 17.2 Å². The van der Waals surface area contributed by atoms with Crippen molar-refractivity contribution in [1.29, 1.82) is 0 Å². The normalized spacial score (nSPS) is 22.6. The number of rotatable bonds is 4. The van der Waals surface area contributed by atoms with Crippen LogP contribution in [0.2, 0.25) is 0 Å². The summed E-state index contributed by atoms with van der Waals surface area (Å²) in [6.45, 7) is 2.24. The average molecular weight is 286 g/mol. The lowest BCUT2D eigenvalue weighted by molar-refractivity contribution is 0.121. The van der Waals surface area contributed by atoms with E-state index in [0.29, 0.717) is 12.1 Å². The summed E-state index contributed by atoms with van der Waals surface area (Å²) in [6, 6.07) is 16.8. The molecule has 1 saturated heterocycles. The molecule has 1 heterocycles. The highest BCUT2D eigenvalue weighted by atomic mass is 19.1. The van der Waals surface area contributed by atoms with E-state index in [1.807, 2.05) is 24.3 Å². The minimum absolute atomic E-state index is 0.0417. The lowest BCUT2D eigenvalue weighted by Crippen LogP contribution is -2.33. The number of nitrogens with one attached hydrogen (secondary N) is 1. The first-order chi connectivity index (χ1) is 10.3. The molecule has 2 unspecified atom stereocenters. The summed E-state index contributed by atoms with van der Waals surface area (Å²) < 4.78 is 14.0. The van der Waals surface area contributed by atoms with Gasteiger partial charge >= 0.3 is 0 Å². The summed E-state index contributed by atoms with van der Waals surface area (Å²) in [7, 11) is 0. The number of benzene rings is 2. The van der Waals surface area contributed by atoms with Crippen molar-refractivity contribution < 1.29 is 9.60 Å². The maximum atomic E-state index is 14.0. The number of nitrogens with zero attached hydrogens (tertiary/aromatic N) is 1. The third-order valence-electron chi connectivity index (χ3n) is 4.12. The first-order valence-corrected chi connectivity index (χ1v) is 7.18. The molecule has 0 aliphatic carbocycles. The maximum absolute atomic E-state index is 14.0. The fourth-order valence-corrected chi connectivity index (χ4v) is 3.08. The zero-order chi connectivity index (χ0) is 14.7. The Balaban J connectivity index is 1.76. The van der Waals surface area contributed by atoms with Crippen LogP contribution in [0.3, 0.4) is 0 Å². The van der Waals surface area contributed by atoms with E-state index in [-0.39, 0.29) is 17.8 Å². The van der Waals surface area contributed by atoms with Crippen molar-refractivity contribution in [2.45, 2.75) is 18.5 Å². The summed E-state index contributed by atoms with van der Waals surface area (Å²) in [6.07, 6.45) is 0. The van der Waals surface area contributed by atoms with Gasteiger partial charge in [0, 0.05) is 25.6 Å². The lowest BCUT2D eigenvalue weighted by Gasteiger charge is -2.17. The first kappa shape index (κ1) is 14.2. The smallest absolute Gasteiger partial charge is 0.126 e. The summed E-state index contributed by atoms with van der Waals surface area (Å²) in [5, 5.41) is 9.37. The molecule has 2 atom stereocenters. The number of likely N-dealkylation sites (tertiary alicyclic amines) is 1. The Morgan fingerprint density at radius 1 is 1.05 bits per heavy atom. The van der Waals surface area contributed by atoms with Crippen molar-refractivity contribution in [3.05, 3.63) is 71.5 Å². The molecule has 4 heteroatoms. The third kappa shape index (κ3) is 3.13. The van der Waals surface area contributed by atoms with Gasteiger partial charge in [-0.2, -0.15) is 0 Å². The van der Waals surface area contributed by atoms with Gasteiger partial charge in [-0.1, -0.05) is 48.5 Å². The SMILES string of the molecule is ONC1CN(Cc2ccccc2)CC1c1ccccc1F. The van der Waals surface area contributed by atoms with Gasteiger partial charge in [-0.15, -0.1) is 0 Å². The molecule has 2 N–H and O–H groups in total. The topological polar surface area (TPSA) is 35.5 Å². The van der Waals surface area contributed by atoms with E-state index in [1.165, 1.54) is 11.6 Å². The van der Waals surface area contributed by atoms with Crippen LogP contribution in [0.4, 0.5) is 4.39 Å². The molecule has 1 fully saturated rings. The monoisotopic (exact) mass is 286 g/mol. The largest absolute Gasteiger partial charge is 0.316 e. The molecule has 3 rings (SSSR count). The number of halogens is 1. The minimum atomic E-state index is -0.204. The van der Waals surface area contributed by atoms with Crippen LogP contribution in [0.15, 0.2) is 54.6 Å². The maximum Gasteiger partial charge on any atom is 0.126 e. The highest BCUT2D eigenvalue weighted by Gasteiger charge is 2.34. The summed E-state index contributed by atoms with van der Waals surface area (Å²) in [4.78, 5) is 2.24. The third-order valence-corrected chi connectivity index (χ3v) is 4.12. The van der Waals surface area contributed by atoms with Crippen LogP contribution in [0.5, 0.6) is 0 Å². The highest BCUT2D eigenvalue weighted by Crippen LogP contribution is 2.30. The molecule has 21 heavy (non-hydrogen) atoms. The average Bonchev–Trinajstić information content (AvgIpc) is 2.91. The zero-order valence-electron chi connectivity index (χ0n) is 11.7. The minimum Gasteiger partial charge on any atom is -0.316 e. The van der Waals surface area contributed by atoms with Crippen molar-refractivity contribution in [3.63, 3.8) is 0 Å². The highest BCUT2D eigenvalue weighted by molar-refractivity contribution is 5.26. The number of hydroxylamine groups is 1. The molecule has 2 aromatic carbocycles. The lowest BCUT2D eigenvalue weighted by atomic mass is 9.94. The standard InChI is InChI=1S/C17H19FN2O/c18-16-9-5-4-8-14(16)15-11-20(12-17(15)19-21)10-13-6-2-1-3-7-13/h1-9,15,17,19,21H,10-12H2. The summed E-state index contributed by atoms with van der Waals surface area (Å²) >= 11 is 0. The zero-order valence-corrected chi connectivity index (χ0v) is 11.7. The molecule has 3 nitrogen and oxygen atoms in total. The fourth-order valence-electron chi connectivity index (χ4n) is 3.08. The molecule has 0 bridgehead atoms. The van der Waals surface area contributed by atoms with Gasteiger partial charge in [0.15, 0.2) is 0 Å². The second kappa shape index (κ2) is 6.35. The molecule has 0 amide bonds. The van der Waals surface area contributed by atoms with E-state index in [1.54, 1.807) is 12.1 Å². The number of hydrogen-bond donors (Lipinski definition) is 2.